The molecule has 8 heteroatoms. The van der Waals surface area contributed by atoms with Crippen LogP contribution in [0.5, 0.6) is 5.75 Å². The van der Waals surface area contributed by atoms with E-state index in [-0.39, 0.29) is 18.1 Å². The van der Waals surface area contributed by atoms with E-state index in [1.807, 2.05) is 30.3 Å². The maximum Gasteiger partial charge on any atom is 0.335 e. The number of ether oxygens (including phenoxy) is 1. The highest BCUT2D eigenvalue weighted by atomic mass is 79.9. The molecule has 32 heavy (non-hydrogen) atoms. The van der Waals surface area contributed by atoms with Crippen LogP contribution in [0.25, 0.3) is 22.7 Å². The van der Waals surface area contributed by atoms with Crippen LogP contribution in [-0.2, 0) is 6.61 Å². The van der Waals surface area contributed by atoms with Crippen LogP contribution in [0.2, 0.25) is 0 Å². The SMILES string of the molecule is N#C/C(=C\c1cc(Br)c(OCc2ccc(C(=O)O)cc2)c(Br)c1)c1nc2ccccc2o1. The number of aromatic nitrogens is 1. The molecule has 1 heterocycles. The van der Waals surface area contributed by atoms with Crippen LogP contribution in [0.3, 0.4) is 0 Å². The van der Waals surface area contributed by atoms with Gasteiger partial charge in [0.1, 0.15) is 29.5 Å². The van der Waals surface area contributed by atoms with Crippen molar-refractivity contribution in [3.05, 3.63) is 92.2 Å². The van der Waals surface area contributed by atoms with Crippen LogP contribution in [0.4, 0.5) is 0 Å². The fraction of sp³-hybridized carbons (Fsp3) is 0.0417. The lowest BCUT2D eigenvalue weighted by Gasteiger charge is -2.12. The largest absolute Gasteiger partial charge is 0.487 e. The van der Waals surface area contributed by atoms with E-state index in [0.717, 1.165) is 11.1 Å². The lowest BCUT2D eigenvalue weighted by Crippen LogP contribution is -2.00. The Hall–Kier alpha value is -3.41. The predicted octanol–water partition coefficient (Wildman–Crippen LogP) is 6.69. The molecule has 0 unspecified atom stereocenters. The molecule has 158 valence electrons. The summed E-state index contributed by atoms with van der Waals surface area (Å²) in [6.07, 6.45) is 1.69. The second-order valence-electron chi connectivity index (χ2n) is 6.76. The molecule has 0 aliphatic heterocycles. The topological polar surface area (TPSA) is 96.3 Å². The summed E-state index contributed by atoms with van der Waals surface area (Å²) in [5.41, 5.74) is 3.41. The van der Waals surface area contributed by atoms with Gasteiger partial charge < -0.3 is 14.3 Å². The molecule has 0 spiro atoms. The zero-order chi connectivity index (χ0) is 22.7. The number of hydrogen-bond acceptors (Lipinski definition) is 5. The maximum atomic E-state index is 11.0. The highest BCUT2D eigenvalue weighted by molar-refractivity contribution is 9.11. The Balaban J connectivity index is 1.56. The van der Waals surface area contributed by atoms with Gasteiger partial charge in [0, 0.05) is 0 Å². The highest BCUT2D eigenvalue weighted by Crippen LogP contribution is 2.36. The average molecular weight is 554 g/mol. The summed E-state index contributed by atoms with van der Waals surface area (Å²) in [4.78, 5) is 15.3. The quantitative estimate of drug-likeness (QED) is 0.267. The number of hydrogen-bond donors (Lipinski definition) is 1. The average Bonchev–Trinajstić information content (AvgIpc) is 3.21. The number of halogens is 2. The van der Waals surface area contributed by atoms with Crippen molar-refractivity contribution in [1.82, 2.24) is 4.98 Å². The van der Waals surface area contributed by atoms with Gasteiger partial charge in [-0.05, 0) is 85.5 Å². The van der Waals surface area contributed by atoms with Crippen molar-refractivity contribution < 1.29 is 19.1 Å². The summed E-state index contributed by atoms with van der Waals surface area (Å²) >= 11 is 7.03. The first-order chi connectivity index (χ1) is 15.4. The van der Waals surface area contributed by atoms with Gasteiger partial charge in [-0.2, -0.15) is 5.26 Å². The van der Waals surface area contributed by atoms with Crippen LogP contribution in [0.15, 0.2) is 74.0 Å². The van der Waals surface area contributed by atoms with Crippen molar-refractivity contribution in [2.75, 3.05) is 0 Å². The smallest absolute Gasteiger partial charge is 0.335 e. The van der Waals surface area contributed by atoms with Crippen LogP contribution in [-0.4, -0.2) is 16.1 Å². The summed E-state index contributed by atoms with van der Waals surface area (Å²) < 4.78 is 13.0. The van der Waals surface area contributed by atoms with Crippen LogP contribution in [0.1, 0.15) is 27.4 Å². The third-order valence-corrected chi connectivity index (χ3v) is 5.74. The summed E-state index contributed by atoms with van der Waals surface area (Å²) in [7, 11) is 0. The molecule has 4 rings (SSSR count). The molecule has 6 nitrogen and oxygen atoms in total. The molecular formula is C24H14Br2N2O4. The van der Waals surface area contributed by atoms with Crippen molar-refractivity contribution in [2.45, 2.75) is 6.61 Å². The Labute approximate surface area is 200 Å². The molecule has 4 aromatic rings. The van der Waals surface area contributed by atoms with Crippen molar-refractivity contribution in [3.63, 3.8) is 0 Å². The molecule has 0 fully saturated rings. The Bertz CT molecular complexity index is 1330. The molecule has 0 saturated carbocycles. The lowest BCUT2D eigenvalue weighted by atomic mass is 10.1. The molecule has 1 aromatic heterocycles. The first kappa shape index (κ1) is 21.8. The Morgan fingerprint density at radius 2 is 1.81 bits per heavy atom. The number of aromatic carboxylic acids is 1. The van der Waals surface area contributed by atoms with E-state index < -0.39 is 5.97 Å². The molecule has 0 saturated heterocycles. The third kappa shape index (κ3) is 4.74. The second kappa shape index (κ2) is 9.39. The zero-order valence-corrected chi connectivity index (χ0v) is 19.6. The van der Waals surface area contributed by atoms with Gasteiger partial charge in [0.05, 0.1) is 14.5 Å². The maximum absolute atomic E-state index is 11.0. The number of oxazole rings is 1. The summed E-state index contributed by atoms with van der Waals surface area (Å²) in [5.74, 6) is -0.128. The molecule has 0 aliphatic rings. The van der Waals surface area contributed by atoms with Gasteiger partial charge in [-0.1, -0.05) is 24.3 Å². The van der Waals surface area contributed by atoms with Crippen LogP contribution >= 0.6 is 31.9 Å². The van der Waals surface area contributed by atoms with Gasteiger partial charge in [0.25, 0.3) is 0 Å². The van der Waals surface area contributed by atoms with Crippen molar-refractivity contribution in [1.29, 1.82) is 5.26 Å². The summed E-state index contributed by atoms with van der Waals surface area (Å²) in [6, 6.07) is 19.6. The van der Waals surface area contributed by atoms with Gasteiger partial charge in [-0.25, -0.2) is 9.78 Å². The van der Waals surface area contributed by atoms with Gasteiger partial charge in [0.2, 0.25) is 5.89 Å². The standard InChI is InChI=1S/C24H14Br2N2O4/c25-18-10-15(9-17(12-27)23-28-20-3-1-2-4-21(20)32-23)11-19(26)22(18)31-13-14-5-7-16(8-6-14)24(29)30/h1-11H,13H2,(H,29,30)/b17-9+. The minimum atomic E-state index is -0.971. The van der Waals surface area contributed by atoms with Gasteiger partial charge in [-0.15, -0.1) is 0 Å². The van der Waals surface area contributed by atoms with Gasteiger partial charge >= 0.3 is 5.97 Å². The summed E-state index contributed by atoms with van der Waals surface area (Å²) in [5, 5.41) is 18.6. The zero-order valence-electron chi connectivity index (χ0n) is 16.4. The first-order valence-corrected chi connectivity index (χ1v) is 10.9. The number of allylic oxidation sites excluding steroid dienone is 1. The molecule has 0 bridgehead atoms. The number of carboxylic acid groups (broad SMARTS) is 1. The van der Waals surface area contributed by atoms with E-state index >= 15 is 0 Å². The molecule has 0 aliphatic carbocycles. The van der Waals surface area contributed by atoms with Crippen LogP contribution in [0, 0.1) is 11.3 Å². The number of benzene rings is 3. The fourth-order valence-electron chi connectivity index (χ4n) is 3.00. The van der Waals surface area contributed by atoms with E-state index in [1.54, 1.807) is 24.3 Å². The van der Waals surface area contributed by atoms with Crippen LogP contribution < -0.4 is 4.74 Å². The van der Waals surface area contributed by atoms with Gasteiger partial charge in [-0.3, -0.25) is 0 Å². The first-order valence-electron chi connectivity index (χ1n) is 9.36. The van der Waals surface area contributed by atoms with Gasteiger partial charge in [0.15, 0.2) is 5.58 Å². The summed E-state index contributed by atoms with van der Waals surface area (Å²) in [6.45, 7) is 0.263. The number of rotatable bonds is 6. The third-order valence-electron chi connectivity index (χ3n) is 4.56. The lowest BCUT2D eigenvalue weighted by molar-refractivity contribution is 0.0697. The highest BCUT2D eigenvalue weighted by Gasteiger charge is 2.13. The molecular weight excluding hydrogens is 540 g/mol. The number of para-hydroxylation sites is 2. The van der Waals surface area contributed by atoms with E-state index in [1.165, 1.54) is 12.1 Å². The van der Waals surface area contributed by atoms with Crippen molar-refractivity contribution in [3.8, 4) is 11.8 Å². The predicted molar refractivity (Wildman–Crippen MR) is 127 cm³/mol. The minimum Gasteiger partial charge on any atom is -0.487 e. The molecule has 0 amide bonds. The Morgan fingerprint density at radius 1 is 1.12 bits per heavy atom. The Kier molecular flexibility index (Phi) is 6.40. The molecule has 0 atom stereocenters. The minimum absolute atomic E-state index is 0.222. The number of nitriles is 1. The van der Waals surface area contributed by atoms with Crippen molar-refractivity contribution >= 4 is 60.6 Å². The number of carbonyl (C=O) groups is 1. The van der Waals surface area contributed by atoms with E-state index in [0.29, 0.717) is 31.4 Å². The van der Waals surface area contributed by atoms with Crippen molar-refractivity contribution in [2.24, 2.45) is 0 Å². The van der Waals surface area contributed by atoms with E-state index in [4.69, 9.17) is 14.3 Å². The van der Waals surface area contributed by atoms with E-state index in [9.17, 15) is 10.1 Å². The molecule has 1 N–H and O–H groups in total. The number of nitrogens with zero attached hydrogens (tertiary/aromatic N) is 2. The van der Waals surface area contributed by atoms with E-state index in [2.05, 4.69) is 42.9 Å². The fourth-order valence-corrected chi connectivity index (χ4v) is 4.45. The second-order valence-corrected chi connectivity index (χ2v) is 8.47. The molecule has 3 aromatic carbocycles. The number of carboxylic acids is 1. The monoisotopic (exact) mass is 552 g/mol. The number of fused-ring (bicyclic) bond motifs is 1. The molecule has 0 radical (unpaired) electrons. The normalized spacial score (nSPS) is 11.3. The Morgan fingerprint density at radius 3 is 2.44 bits per heavy atom.